The molecule has 2 N–H and O–H groups in total. The molecule has 4 heteroatoms. The van der Waals surface area contributed by atoms with Gasteiger partial charge in [-0.05, 0) is 19.8 Å². The zero-order chi connectivity index (χ0) is 8.54. The lowest BCUT2D eigenvalue weighted by Crippen LogP contribution is -2.46. The number of nitrogens with two attached hydrogens (primary N) is 1. The van der Waals surface area contributed by atoms with E-state index in [1.54, 1.807) is 6.92 Å². The lowest BCUT2D eigenvalue weighted by Gasteiger charge is -2.31. The molecule has 1 saturated heterocycles. The van der Waals surface area contributed by atoms with Gasteiger partial charge in [0.1, 0.15) is 0 Å². The first-order valence-electron chi connectivity index (χ1n) is 3.94. The maximum absolute atomic E-state index is 11.5. The Hall–Kier alpha value is -0.0900. The summed E-state index contributed by atoms with van der Waals surface area (Å²) in [5.74, 6) is 0.320. The van der Waals surface area contributed by atoms with Gasteiger partial charge in [-0.1, -0.05) is 6.42 Å². The summed E-state index contributed by atoms with van der Waals surface area (Å²) in [4.78, 5) is 0. The van der Waals surface area contributed by atoms with Crippen LogP contribution < -0.4 is 5.73 Å². The predicted molar refractivity (Wildman–Crippen MR) is 45.1 cm³/mol. The van der Waals surface area contributed by atoms with Crippen LogP contribution in [-0.2, 0) is 9.84 Å². The maximum Gasteiger partial charge on any atom is 0.156 e. The molecule has 1 aliphatic heterocycles. The van der Waals surface area contributed by atoms with E-state index in [9.17, 15) is 8.42 Å². The summed E-state index contributed by atoms with van der Waals surface area (Å²) >= 11 is 0. The molecule has 66 valence electrons. The Morgan fingerprint density at radius 1 is 1.45 bits per heavy atom. The highest BCUT2D eigenvalue weighted by Crippen LogP contribution is 2.29. The summed E-state index contributed by atoms with van der Waals surface area (Å²) in [6.45, 7) is 2.01. The molecule has 0 radical (unpaired) electrons. The highest BCUT2D eigenvalue weighted by Gasteiger charge is 2.39. The van der Waals surface area contributed by atoms with Crippen molar-refractivity contribution in [3.05, 3.63) is 0 Å². The molecule has 0 aromatic rings. The van der Waals surface area contributed by atoms with E-state index in [1.807, 2.05) is 0 Å². The minimum Gasteiger partial charge on any atom is -0.329 e. The second kappa shape index (κ2) is 2.75. The second-order valence-corrected chi connectivity index (χ2v) is 6.05. The highest BCUT2D eigenvalue weighted by atomic mass is 32.2. The molecule has 0 bridgehead atoms. The summed E-state index contributed by atoms with van der Waals surface area (Å²) in [5.41, 5.74) is 5.43. The van der Waals surface area contributed by atoms with Gasteiger partial charge in [0.05, 0.1) is 10.5 Å². The summed E-state index contributed by atoms with van der Waals surface area (Å²) in [6.07, 6.45) is 2.52. The Morgan fingerprint density at radius 3 is 2.45 bits per heavy atom. The van der Waals surface area contributed by atoms with Crippen LogP contribution in [0.15, 0.2) is 0 Å². The van der Waals surface area contributed by atoms with Crippen molar-refractivity contribution in [3.63, 3.8) is 0 Å². The van der Waals surface area contributed by atoms with Crippen molar-refractivity contribution in [2.24, 2.45) is 5.73 Å². The predicted octanol–water partition coefficient (Wildman–Crippen LogP) is 0.303. The van der Waals surface area contributed by atoms with Gasteiger partial charge in [-0.25, -0.2) is 8.42 Å². The smallest absolute Gasteiger partial charge is 0.156 e. The topological polar surface area (TPSA) is 60.2 Å². The average Bonchev–Trinajstić information content (AvgIpc) is 1.95. The summed E-state index contributed by atoms with van der Waals surface area (Å²) in [6, 6.07) is 0. The first-order valence-corrected chi connectivity index (χ1v) is 5.59. The van der Waals surface area contributed by atoms with E-state index in [4.69, 9.17) is 5.73 Å². The molecule has 11 heavy (non-hydrogen) atoms. The number of rotatable bonds is 1. The monoisotopic (exact) mass is 177 g/mol. The van der Waals surface area contributed by atoms with E-state index in [0.29, 0.717) is 5.75 Å². The van der Waals surface area contributed by atoms with Crippen LogP contribution in [0.5, 0.6) is 0 Å². The van der Waals surface area contributed by atoms with Gasteiger partial charge in [-0.2, -0.15) is 0 Å². The summed E-state index contributed by atoms with van der Waals surface area (Å²) < 4.78 is 22.3. The van der Waals surface area contributed by atoms with Gasteiger partial charge < -0.3 is 5.73 Å². The minimum atomic E-state index is -2.90. The Kier molecular flexibility index (Phi) is 2.25. The van der Waals surface area contributed by atoms with Crippen molar-refractivity contribution in [2.45, 2.75) is 30.9 Å². The quantitative estimate of drug-likeness (QED) is 0.626. The van der Waals surface area contributed by atoms with Crippen molar-refractivity contribution in [3.8, 4) is 0 Å². The van der Waals surface area contributed by atoms with Crippen molar-refractivity contribution < 1.29 is 8.42 Å². The average molecular weight is 177 g/mol. The second-order valence-electron chi connectivity index (χ2n) is 3.43. The van der Waals surface area contributed by atoms with E-state index in [2.05, 4.69) is 0 Å². The molecule has 0 aromatic heterocycles. The van der Waals surface area contributed by atoms with Crippen molar-refractivity contribution >= 4 is 9.84 Å². The van der Waals surface area contributed by atoms with Gasteiger partial charge >= 0.3 is 0 Å². The van der Waals surface area contributed by atoms with E-state index >= 15 is 0 Å². The van der Waals surface area contributed by atoms with Gasteiger partial charge in [-0.15, -0.1) is 0 Å². The molecular weight excluding hydrogens is 162 g/mol. The van der Waals surface area contributed by atoms with Gasteiger partial charge in [0, 0.05) is 6.54 Å². The number of hydrogen-bond donors (Lipinski definition) is 1. The third-order valence-corrected chi connectivity index (χ3v) is 5.25. The minimum absolute atomic E-state index is 0.259. The first kappa shape index (κ1) is 9.00. The lowest BCUT2D eigenvalue weighted by atomic mass is 10.0. The molecular formula is C7H15NO2S. The third kappa shape index (κ3) is 1.42. The molecule has 1 atom stereocenters. The van der Waals surface area contributed by atoms with Crippen LogP contribution in [0, 0.1) is 0 Å². The molecule has 1 heterocycles. The fourth-order valence-electron chi connectivity index (χ4n) is 1.42. The van der Waals surface area contributed by atoms with Crippen molar-refractivity contribution in [1.29, 1.82) is 0 Å². The molecule has 1 rings (SSSR count). The number of hydrogen-bond acceptors (Lipinski definition) is 3. The SMILES string of the molecule is CC1(CN)CCCCS1(=O)=O. The summed E-state index contributed by atoms with van der Waals surface area (Å²) in [5, 5.41) is 0. The molecule has 1 unspecified atom stereocenters. The Balaban J connectivity index is 2.93. The molecule has 0 saturated carbocycles. The molecule has 1 aliphatic rings. The van der Waals surface area contributed by atoms with Gasteiger partial charge in [-0.3, -0.25) is 0 Å². The van der Waals surface area contributed by atoms with Crippen LogP contribution in [0.25, 0.3) is 0 Å². The van der Waals surface area contributed by atoms with Gasteiger partial charge in [0.15, 0.2) is 9.84 Å². The van der Waals surface area contributed by atoms with E-state index in [0.717, 1.165) is 19.3 Å². The lowest BCUT2D eigenvalue weighted by molar-refractivity contribution is 0.470. The molecule has 0 aliphatic carbocycles. The van der Waals surface area contributed by atoms with Gasteiger partial charge in [0.2, 0.25) is 0 Å². The van der Waals surface area contributed by atoms with E-state index < -0.39 is 14.6 Å². The van der Waals surface area contributed by atoms with Crippen LogP contribution >= 0.6 is 0 Å². The summed E-state index contributed by atoms with van der Waals surface area (Å²) in [7, 11) is -2.90. The van der Waals surface area contributed by atoms with Crippen LogP contribution in [0.2, 0.25) is 0 Å². The van der Waals surface area contributed by atoms with Crippen molar-refractivity contribution in [1.82, 2.24) is 0 Å². The normalized spacial score (nSPS) is 36.9. The largest absolute Gasteiger partial charge is 0.329 e. The Bertz CT molecular complexity index is 235. The standard InChI is InChI=1S/C7H15NO2S/c1-7(6-8)4-2-3-5-11(7,9)10/h2-6,8H2,1H3. The van der Waals surface area contributed by atoms with E-state index in [1.165, 1.54) is 0 Å². The molecule has 0 spiro atoms. The Labute approximate surface area is 67.9 Å². The maximum atomic E-state index is 11.5. The molecule has 1 fully saturated rings. The zero-order valence-electron chi connectivity index (χ0n) is 6.84. The van der Waals surface area contributed by atoms with Crippen LogP contribution in [-0.4, -0.2) is 25.5 Å². The number of sulfone groups is 1. The molecule has 3 nitrogen and oxygen atoms in total. The zero-order valence-corrected chi connectivity index (χ0v) is 7.65. The fraction of sp³-hybridized carbons (Fsp3) is 1.00. The highest BCUT2D eigenvalue weighted by molar-refractivity contribution is 7.92. The van der Waals surface area contributed by atoms with Crippen LogP contribution in [0.4, 0.5) is 0 Å². The first-order chi connectivity index (χ1) is 5.02. The molecule has 0 aromatic carbocycles. The Morgan fingerprint density at radius 2 is 2.09 bits per heavy atom. The third-order valence-electron chi connectivity index (χ3n) is 2.55. The van der Waals surface area contributed by atoms with Crippen molar-refractivity contribution in [2.75, 3.05) is 12.3 Å². The molecule has 0 amide bonds. The van der Waals surface area contributed by atoms with Crippen LogP contribution in [0.1, 0.15) is 26.2 Å². The fourth-order valence-corrected chi connectivity index (χ4v) is 3.21. The van der Waals surface area contributed by atoms with Crippen LogP contribution in [0.3, 0.4) is 0 Å². The van der Waals surface area contributed by atoms with Gasteiger partial charge in [0.25, 0.3) is 0 Å². The van der Waals surface area contributed by atoms with E-state index in [-0.39, 0.29) is 6.54 Å².